The molecule has 3 nitrogen and oxygen atoms in total. The Bertz CT molecular complexity index is 802. The highest BCUT2D eigenvalue weighted by Gasteiger charge is 2.27. The Morgan fingerprint density at radius 3 is 2.50 bits per heavy atom. The molecule has 0 spiro atoms. The zero-order valence-corrected chi connectivity index (χ0v) is 16.1. The summed E-state index contributed by atoms with van der Waals surface area (Å²) in [6.07, 6.45) is 1.91. The van der Waals surface area contributed by atoms with E-state index in [1.165, 1.54) is 18.2 Å². The van der Waals surface area contributed by atoms with Crippen LogP contribution in [-0.4, -0.2) is 26.1 Å². The lowest BCUT2D eigenvalue weighted by Gasteiger charge is -2.29. The number of halogens is 3. The molecule has 0 radical (unpaired) electrons. The maximum atomic E-state index is 14.8. The molecule has 28 heavy (non-hydrogen) atoms. The van der Waals surface area contributed by atoms with Gasteiger partial charge in [-0.15, -0.1) is 0 Å². The van der Waals surface area contributed by atoms with E-state index in [0.29, 0.717) is 26.1 Å². The van der Waals surface area contributed by atoms with Crippen LogP contribution in [0.4, 0.5) is 13.2 Å². The minimum absolute atomic E-state index is 0.0177. The van der Waals surface area contributed by atoms with Gasteiger partial charge in [0.25, 0.3) is 0 Å². The lowest BCUT2D eigenvalue weighted by Crippen LogP contribution is -2.28. The highest BCUT2D eigenvalue weighted by atomic mass is 19.2. The smallest absolute Gasteiger partial charge is 0.166 e. The topological polar surface area (TPSA) is 27.7 Å². The molecular formula is C22H25F3O3. The van der Waals surface area contributed by atoms with Crippen molar-refractivity contribution in [1.82, 2.24) is 0 Å². The zero-order chi connectivity index (χ0) is 20.1. The van der Waals surface area contributed by atoms with Gasteiger partial charge in [-0.1, -0.05) is 25.1 Å². The third kappa shape index (κ3) is 4.50. The fourth-order valence-corrected chi connectivity index (χ4v) is 3.40. The summed E-state index contributed by atoms with van der Waals surface area (Å²) >= 11 is 0. The highest BCUT2D eigenvalue weighted by Crippen LogP contribution is 2.35. The Hall–Kier alpha value is -2.05. The summed E-state index contributed by atoms with van der Waals surface area (Å²) in [5, 5.41) is 0. The zero-order valence-electron chi connectivity index (χ0n) is 16.1. The van der Waals surface area contributed by atoms with Gasteiger partial charge in [0.1, 0.15) is 0 Å². The first-order chi connectivity index (χ1) is 13.5. The van der Waals surface area contributed by atoms with Crippen molar-refractivity contribution in [2.24, 2.45) is 0 Å². The minimum atomic E-state index is -0.981. The molecule has 0 aromatic heterocycles. The van der Waals surface area contributed by atoms with E-state index < -0.39 is 17.5 Å². The summed E-state index contributed by atoms with van der Waals surface area (Å²) in [7, 11) is 0. The van der Waals surface area contributed by atoms with Gasteiger partial charge in [-0.05, 0) is 49.4 Å². The summed E-state index contributed by atoms with van der Waals surface area (Å²) in [5.41, 5.74) is 0.558. The van der Waals surface area contributed by atoms with E-state index in [-0.39, 0.29) is 41.3 Å². The fraction of sp³-hybridized carbons (Fsp3) is 0.455. The molecule has 6 heteroatoms. The van der Waals surface area contributed by atoms with E-state index in [1.807, 2.05) is 6.92 Å². The van der Waals surface area contributed by atoms with Crippen LogP contribution in [0.3, 0.4) is 0 Å². The molecule has 0 N–H and O–H groups in total. The van der Waals surface area contributed by atoms with Gasteiger partial charge in [0.15, 0.2) is 29.5 Å². The molecule has 0 bridgehead atoms. The van der Waals surface area contributed by atoms with Crippen molar-refractivity contribution in [3.8, 4) is 16.9 Å². The van der Waals surface area contributed by atoms with Crippen molar-refractivity contribution in [1.29, 1.82) is 0 Å². The van der Waals surface area contributed by atoms with E-state index in [9.17, 15) is 13.2 Å². The van der Waals surface area contributed by atoms with Crippen LogP contribution >= 0.6 is 0 Å². The lowest BCUT2D eigenvalue weighted by atomic mass is 9.90. The van der Waals surface area contributed by atoms with Crippen LogP contribution in [0.5, 0.6) is 5.75 Å². The fourth-order valence-electron chi connectivity index (χ4n) is 3.40. The highest BCUT2D eigenvalue weighted by molar-refractivity contribution is 5.66. The van der Waals surface area contributed by atoms with Gasteiger partial charge in [-0.25, -0.2) is 13.2 Å². The Balaban J connectivity index is 1.78. The van der Waals surface area contributed by atoms with E-state index >= 15 is 0 Å². The third-order valence-corrected chi connectivity index (χ3v) is 4.84. The number of hydrogen-bond acceptors (Lipinski definition) is 3. The molecule has 2 aromatic carbocycles. The SMILES string of the molecule is CCCOC1CCC(c2ccc(-c3ccc(OCC)c(F)c3)c(F)c2F)CO1. The molecule has 1 aliphatic heterocycles. The second-order valence-electron chi connectivity index (χ2n) is 6.82. The summed E-state index contributed by atoms with van der Waals surface area (Å²) in [4.78, 5) is 0. The molecule has 3 rings (SSSR count). The lowest BCUT2D eigenvalue weighted by molar-refractivity contribution is -0.167. The number of hydrogen-bond donors (Lipinski definition) is 0. The molecule has 1 saturated heterocycles. The van der Waals surface area contributed by atoms with Gasteiger partial charge < -0.3 is 14.2 Å². The van der Waals surface area contributed by atoms with Crippen molar-refractivity contribution in [2.75, 3.05) is 19.8 Å². The number of ether oxygens (including phenoxy) is 3. The van der Waals surface area contributed by atoms with Gasteiger partial charge in [0, 0.05) is 18.1 Å². The standard InChI is InChI=1S/C22H25F3O3/c1-3-11-27-20-10-6-15(13-28-20)17-8-7-16(21(24)22(17)25)14-5-9-19(26-4-2)18(23)12-14/h5,7-9,12,15,20H,3-4,6,10-11,13H2,1-2H3. The summed E-state index contributed by atoms with van der Waals surface area (Å²) in [6, 6.07) is 7.14. The van der Waals surface area contributed by atoms with Crippen LogP contribution in [0, 0.1) is 17.5 Å². The van der Waals surface area contributed by atoms with Crippen LogP contribution in [-0.2, 0) is 9.47 Å². The van der Waals surface area contributed by atoms with E-state index in [4.69, 9.17) is 14.2 Å². The van der Waals surface area contributed by atoms with Gasteiger partial charge in [0.05, 0.1) is 13.2 Å². The normalized spacial score (nSPS) is 19.6. The molecule has 1 aliphatic rings. The van der Waals surface area contributed by atoms with Gasteiger partial charge >= 0.3 is 0 Å². The Kier molecular flexibility index (Phi) is 6.97. The predicted molar refractivity (Wildman–Crippen MR) is 101 cm³/mol. The van der Waals surface area contributed by atoms with Crippen molar-refractivity contribution in [2.45, 2.75) is 45.3 Å². The predicted octanol–water partition coefficient (Wildman–Crippen LogP) is 5.82. The van der Waals surface area contributed by atoms with Crippen LogP contribution in [0.1, 0.15) is 44.6 Å². The first kappa shape index (κ1) is 20.7. The first-order valence-corrected chi connectivity index (χ1v) is 9.68. The first-order valence-electron chi connectivity index (χ1n) is 9.68. The van der Waals surface area contributed by atoms with Gasteiger partial charge in [-0.2, -0.15) is 0 Å². The van der Waals surface area contributed by atoms with Crippen molar-refractivity contribution in [3.05, 3.63) is 53.3 Å². The van der Waals surface area contributed by atoms with Crippen molar-refractivity contribution in [3.63, 3.8) is 0 Å². The maximum Gasteiger partial charge on any atom is 0.166 e. The largest absolute Gasteiger partial charge is 0.491 e. The second-order valence-corrected chi connectivity index (χ2v) is 6.82. The number of benzene rings is 2. The van der Waals surface area contributed by atoms with Crippen LogP contribution in [0.25, 0.3) is 11.1 Å². The monoisotopic (exact) mass is 394 g/mol. The van der Waals surface area contributed by atoms with E-state index in [1.54, 1.807) is 13.0 Å². The molecule has 2 unspecified atom stereocenters. The average molecular weight is 394 g/mol. The average Bonchev–Trinajstić information content (AvgIpc) is 2.71. The third-order valence-electron chi connectivity index (χ3n) is 4.84. The molecule has 1 fully saturated rings. The van der Waals surface area contributed by atoms with Crippen LogP contribution < -0.4 is 4.74 Å². The second kappa shape index (κ2) is 9.43. The molecule has 1 heterocycles. The molecule has 0 aliphatic carbocycles. The van der Waals surface area contributed by atoms with Crippen molar-refractivity contribution < 1.29 is 27.4 Å². The quantitative estimate of drug-likeness (QED) is 0.593. The number of rotatable bonds is 7. The Morgan fingerprint density at radius 1 is 1.04 bits per heavy atom. The Labute approximate surface area is 163 Å². The molecular weight excluding hydrogens is 369 g/mol. The molecule has 0 amide bonds. The summed E-state index contributed by atoms with van der Waals surface area (Å²) < 4.78 is 59.9. The minimum Gasteiger partial charge on any atom is -0.491 e. The molecule has 0 saturated carbocycles. The molecule has 2 atom stereocenters. The molecule has 152 valence electrons. The van der Waals surface area contributed by atoms with Crippen LogP contribution in [0.15, 0.2) is 30.3 Å². The van der Waals surface area contributed by atoms with Gasteiger partial charge in [0.2, 0.25) is 0 Å². The Morgan fingerprint density at radius 2 is 1.86 bits per heavy atom. The maximum absolute atomic E-state index is 14.8. The van der Waals surface area contributed by atoms with Gasteiger partial charge in [-0.3, -0.25) is 0 Å². The van der Waals surface area contributed by atoms with Crippen molar-refractivity contribution >= 4 is 0 Å². The summed E-state index contributed by atoms with van der Waals surface area (Å²) in [5.74, 6) is -2.65. The van der Waals surface area contributed by atoms with E-state index in [2.05, 4.69) is 0 Å². The van der Waals surface area contributed by atoms with E-state index in [0.717, 1.165) is 12.5 Å². The summed E-state index contributed by atoms with van der Waals surface area (Å²) in [6.45, 7) is 4.98. The van der Waals surface area contributed by atoms with Crippen LogP contribution in [0.2, 0.25) is 0 Å². The molecule has 2 aromatic rings.